The van der Waals surface area contributed by atoms with Crippen molar-refractivity contribution in [2.45, 2.75) is 13.5 Å². The second kappa shape index (κ2) is 3.18. The van der Waals surface area contributed by atoms with Gasteiger partial charge in [0.1, 0.15) is 6.54 Å². The summed E-state index contributed by atoms with van der Waals surface area (Å²) in [5, 5.41) is 9.70. The van der Waals surface area contributed by atoms with Gasteiger partial charge in [0.05, 0.1) is 0 Å². The van der Waals surface area contributed by atoms with Crippen LogP contribution in [-0.2, 0) is 11.3 Å². The molecule has 2 aromatic rings. The maximum Gasteiger partial charge on any atom is 0.323 e. The highest BCUT2D eigenvalue weighted by Crippen LogP contribution is 2.17. The van der Waals surface area contributed by atoms with Crippen LogP contribution in [0, 0.1) is 13.0 Å². The summed E-state index contributed by atoms with van der Waals surface area (Å²) in [5.74, 6) is -0.831. The Morgan fingerprint density at radius 2 is 2.21 bits per heavy atom. The smallest absolute Gasteiger partial charge is 0.323 e. The summed E-state index contributed by atoms with van der Waals surface area (Å²) in [6.45, 7) is 1.86. The predicted molar refractivity (Wildman–Crippen MR) is 53.1 cm³/mol. The monoisotopic (exact) mass is 188 g/mol. The predicted octanol–water partition coefficient (Wildman–Crippen LogP) is 1.83. The van der Waals surface area contributed by atoms with Crippen molar-refractivity contribution < 1.29 is 9.90 Å². The molecule has 3 heteroatoms. The lowest BCUT2D eigenvalue weighted by atomic mass is 10.2. The molecule has 1 N–H and O–H groups in total. The summed E-state index contributed by atoms with van der Waals surface area (Å²) >= 11 is 0. The Morgan fingerprint density at radius 1 is 1.50 bits per heavy atom. The van der Waals surface area contributed by atoms with Crippen molar-refractivity contribution in [2.75, 3.05) is 0 Å². The lowest BCUT2D eigenvalue weighted by molar-refractivity contribution is -0.137. The number of nitrogens with zero attached hydrogens (tertiary/aromatic N) is 1. The Labute approximate surface area is 81.6 Å². The number of aliphatic carboxylic acids is 1. The largest absolute Gasteiger partial charge is 0.480 e. The fourth-order valence-corrected chi connectivity index (χ4v) is 1.60. The number of carboxylic acid groups (broad SMARTS) is 1. The van der Waals surface area contributed by atoms with E-state index in [9.17, 15) is 4.79 Å². The van der Waals surface area contributed by atoms with Crippen molar-refractivity contribution in [3.63, 3.8) is 0 Å². The highest BCUT2D eigenvalue weighted by Gasteiger charge is 2.07. The van der Waals surface area contributed by atoms with E-state index in [1.807, 2.05) is 31.2 Å². The van der Waals surface area contributed by atoms with E-state index < -0.39 is 5.97 Å². The maximum atomic E-state index is 10.6. The van der Waals surface area contributed by atoms with Gasteiger partial charge >= 0.3 is 5.97 Å². The second-order valence-corrected chi connectivity index (χ2v) is 3.21. The number of rotatable bonds is 2. The molecular formula is C11H10NO2. The topological polar surface area (TPSA) is 42.2 Å². The number of hydrogen-bond acceptors (Lipinski definition) is 1. The molecule has 71 valence electrons. The van der Waals surface area contributed by atoms with Crippen molar-refractivity contribution in [1.82, 2.24) is 4.57 Å². The average Bonchev–Trinajstić information content (AvgIpc) is 2.43. The highest BCUT2D eigenvalue weighted by atomic mass is 16.4. The first kappa shape index (κ1) is 8.81. The van der Waals surface area contributed by atoms with Gasteiger partial charge in [0.2, 0.25) is 0 Å². The molecule has 0 spiro atoms. The standard InChI is InChI=1S/C11H10NO2/c1-8-6-9-4-2-3-5-10(9)12(8)7-11(13)14/h2-5H,7H2,1H3,(H,13,14). The van der Waals surface area contributed by atoms with Gasteiger partial charge in [-0.05, 0) is 13.0 Å². The Kier molecular flexibility index (Phi) is 2.00. The number of fused-ring (bicyclic) bond motifs is 1. The van der Waals surface area contributed by atoms with E-state index in [1.165, 1.54) is 0 Å². The minimum atomic E-state index is -0.831. The summed E-state index contributed by atoms with van der Waals surface area (Å²) in [6.07, 6.45) is 0. The molecule has 0 bridgehead atoms. The van der Waals surface area contributed by atoms with Gasteiger partial charge in [-0.1, -0.05) is 18.2 Å². The number of benzene rings is 1. The first-order chi connectivity index (χ1) is 6.68. The molecule has 1 radical (unpaired) electrons. The van der Waals surface area contributed by atoms with Gasteiger partial charge in [-0.2, -0.15) is 0 Å². The summed E-state index contributed by atoms with van der Waals surface area (Å²) in [7, 11) is 0. The quantitative estimate of drug-likeness (QED) is 0.781. The van der Waals surface area contributed by atoms with Gasteiger partial charge in [0.25, 0.3) is 0 Å². The van der Waals surface area contributed by atoms with E-state index in [0.717, 1.165) is 16.6 Å². The van der Waals surface area contributed by atoms with E-state index >= 15 is 0 Å². The van der Waals surface area contributed by atoms with Crippen LogP contribution in [0.4, 0.5) is 0 Å². The first-order valence-corrected chi connectivity index (χ1v) is 4.37. The van der Waals surface area contributed by atoms with Crippen LogP contribution in [0.15, 0.2) is 24.3 Å². The number of carbonyl (C=O) groups is 1. The molecule has 14 heavy (non-hydrogen) atoms. The van der Waals surface area contributed by atoms with Crippen molar-refractivity contribution >= 4 is 16.9 Å². The molecule has 1 aromatic heterocycles. The van der Waals surface area contributed by atoms with E-state index in [4.69, 9.17) is 5.11 Å². The van der Waals surface area contributed by atoms with E-state index in [0.29, 0.717) is 0 Å². The summed E-state index contributed by atoms with van der Waals surface area (Å²) < 4.78 is 1.75. The zero-order chi connectivity index (χ0) is 10.1. The van der Waals surface area contributed by atoms with Gasteiger partial charge in [0, 0.05) is 22.7 Å². The molecule has 0 fully saturated rings. The molecule has 0 atom stereocenters. The minimum Gasteiger partial charge on any atom is -0.480 e. The van der Waals surface area contributed by atoms with Crippen LogP contribution in [0.25, 0.3) is 10.9 Å². The molecule has 0 aliphatic carbocycles. The molecule has 0 aliphatic heterocycles. The molecule has 0 saturated carbocycles. The van der Waals surface area contributed by atoms with Gasteiger partial charge in [0.15, 0.2) is 0 Å². The molecule has 1 heterocycles. The van der Waals surface area contributed by atoms with Gasteiger partial charge < -0.3 is 9.67 Å². The molecular weight excluding hydrogens is 178 g/mol. The molecule has 3 nitrogen and oxygen atoms in total. The number of aromatic nitrogens is 1. The van der Waals surface area contributed by atoms with Gasteiger partial charge in [-0.25, -0.2) is 0 Å². The Morgan fingerprint density at radius 3 is 2.93 bits per heavy atom. The van der Waals surface area contributed by atoms with Crippen molar-refractivity contribution in [2.24, 2.45) is 0 Å². The fraction of sp³-hybridized carbons (Fsp3) is 0.182. The van der Waals surface area contributed by atoms with Crippen molar-refractivity contribution in [3.05, 3.63) is 36.0 Å². The first-order valence-electron chi connectivity index (χ1n) is 4.37. The molecule has 0 amide bonds. The van der Waals surface area contributed by atoms with Crippen LogP contribution in [0.2, 0.25) is 0 Å². The van der Waals surface area contributed by atoms with Gasteiger partial charge in [-0.15, -0.1) is 0 Å². The number of aryl methyl sites for hydroxylation is 1. The van der Waals surface area contributed by atoms with Crippen LogP contribution in [0.3, 0.4) is 0 Å². The summed E-state index contributed by atoms with van der Waals surface area (Å²) in [5.41, 5.74) is 1.78. The van der Waals surface area contributed by atoms with E-state index in [-0.39, 0.29) is 6.54 Å². The molecule has 2 rings (SSSR count). The zero-order valence-corrected chi connectivity index (χ0v) is 7.82. The lowest BCUT2D eigenvalue weighted by Crippen LogP contribution is -2.09. The van der Waals surface area contributed by atoms with Crippen LogP contribution >= 0.6 is 0 Å². The Hall–Kier alpha value is -1.77. The van der Waals surface area contributed by atoms with Crippen molar-refractivity contribution in [3.8, 4) is 0 Å². The Balaban J connectivity index is 2.62. The van der Waals surface area contributed by atoms with E-state index in [2.05, 4.69) is 6.07 Å². The molecule has 0 aliphatic rings. The minimum absolute atomic E-state index is 0.00412. The van der Waals surface area contributed by atoms with Crippen molar-refractivity contribution in [1.29, 1.82) is 0 Å². The number of para-hydroxylation sites is 1. The highest BCUT2D eigenvalue weighted by molar-refractivity contribution is 5.82. The van der Waals surface area contributed by atoms with Crippen LogP contribution in [0.5, 0.6) is 0 Å². The Bertz CT molecular complexity index is 485. The van der Waals surface area contributed by atoms with Gasteiger partial charge in [-0.3, -0.25) is 4.79 Å². The summed E-state index contributed by atoms with van der Waals surface area (Å²) in [6, 6.07) is 10.8. The molecule has 1 aromatic carbocycles. The second-order valence-electron chi connectivity index (χ2n) is 3.21. The normalized spacial score (nSPS) is 10.6. The molecule has 0 unspecified atom stereocenters. The third-order valence-corrected chi connectivity index (χ3v) is 2.21. The number of hydrogen-bond donors (Lipinski definition) is 1. The average molecular weight is 188 g/mol. The maximum absolute atomic E-state index is 10.6. The SMILES string of the molecule is Cc1[c]c2ccccc2n1CC(=O)O. The zero-order valence-electron chi connectivity index (χ0n) is 7.82. The lowest BCUT2D eigenvalue weighted by Gasteiger charge is -2.03. The van der Waals surface area contributed by atoms with Crippen LogP contribution in [-0.4, -0.2) is 15.6 Å². The van der Waals surface area contributed by atoms with Crippen LogP contribution in [0.1, 0.15) is 5.69 Å². The van der Waals surface area contributed by atoms with Crippen LogP contribution < -0.4 is 0 Å². The third kappa shape index (κ3) is 1.37. The fourth-order valence-electron chi connectivity index (χ4n) is 1.60. The molecule has 0 saturated heterocycles. The summed E-state index contributed by atoms with van der Waals surface area (Å²) in [4.78, 5) is 10.6. The third-order valence-electron chi connectivity index (χ3n) is 2.21. The van der Waals surface area contributed by atoms with E-state index in [1.54, 1.807) is 4.57 Å². The number of carboxylic acids is 1.